The van der Waals surface area contributed by atoms with Crippen molar-refractivity contribution in [2.24, 2.45) is 0 Å². The summed E-state index contributed by atoms with van der Waals surface area (Å²) >= 11 is 15.6. The number of rotatable bonds is 8. The molecule has 168 valence electrons. The molecule has 3 rings (SSSR count). The van der Waals surface area contributed by atoms with Gasteiger partial charge in [0.1, 0.15) is 29.7 Å². The van der Waals surface area contributed by atoms with E-state index in [2.05, 4.69) is 21.2 Å². The highest BCUT2D eigenvalue weighted by Crippen LogP contribution is 2.29. The van der Waals surface area contributed by atoms with Crippen molar-refractivity contribution < 1.29 is 14.3 Å². The second-order valence-corrected chi connectivity index (χ2v) is 8.61. The van der Waals surface area contributed by atoms with E-state index in [1.165, 1.54) is 6.08 Å². The van der Waals surface area contributed by atoms with Gasteiger partial charge < -0.3 is 14.8 Å². The molecular weight excluding hydrogens is 527 g/mol. The molecule has 0 bridgehead atoms. The summed E-state index contributed by atoms with van der Waals surface area (Å²) in [5, 5.41) is 13.3. The lowest BCUT2D eigenvalue weighted by Crippen LogP contribution is -2.23. The molecule has 0 heterocycles. The number of methoxy groups -OCH3 is 1. The maximum Gasteiger partial charge on any atom is 0.262 e. The van der Waals surface area contributed by atoms with E-state index in [4.69, 9.17) is 32.7 Å². The van der Waals surface area contributed by atoms with Crippen molar-refractivity contribution >= 4 is 51.1 Å². The number of carbonyl (C=O) groups excluding carboxylic acids is 1. The number of nitrogens with zero attached hydrogens (tertiary/aromatic N) is 1. The lowest BCUT2D eigenvalue weighted by Gasteiger charge is -2.10. The van der Waals surface area contributed by atoms with Crippen molar-refractivity contribution in [1.29, 1.82) is 5.26 Å². The number of nitrogens with one attached hydrogen (secondary N) is 1. The van der Waals surface area contributed by atoms with Gasteiger partial charge in [0.2, 0.25) is 0 Å². The van der Waals surface area contributed by atoms with Gasteiger partial charge in [0, 0.05) is 22.2 Å². The summed E-state index contributed by atoms with van der Waals surface area (Å²) in [5.74, 6) is 0.875. The molecule has 3 aromatic carbocycles. The fraction of sp³-hybridized carbons (Fsp3) is 0.120. The van der Waals surface area contributed by atoms with Gasteiger partial charge in [-0.2, -0.15) is 5.26 Å². The van der Waals surface area contributed by atoms with Crippen molar-refractivity contribution in [3.05, 3.63) is 97.4 Å². The maximum absolute atomic E-state index is 12.5. The number of ether oxygens (including phenoxy) is 2. The first-order valence-corrected chi connectivity index (χ1v) is 11.3. The van der Waals surface area contributed by atoms with Crippen molar-refractivity contribution in [3.8, 4) is 17.6 Å². The normalized spacial score (nSPS) is 10.9. The molecule has 5 nitrogen and oxygen atoms in total. The first-order valence-electron chi connectivity index (χ1n) is 9.79. The molecule has 0 unspecified atom stereocenters. The fourth-order valence-electron chi connectivity index (χ4n) is 2.85. The molecule has 0 fully saturated rings. The number of hydrogen-bond acceptors (Lipinski definition) is 4. The van der Waals surface area contributed by atoms with Crippen LogP contribution in [-0.2, 0) is 17.9 Å². The van der Waals surface area contributed by atoms with Crippen LogP contribution in [0.25, 0.3) is 6.08 Å². The van der Waals surface area contributed by atoms with Crippen LogP contribution in [0.3, 0.4) is 0 Å². The van der Waals surface area contributed by atoms with Crippen molar-refractivity contribution in [2.75, 3.05) is 7.11 Å². The van der Waals surface area contributed by atoms with Gasteiger partial charge in [-0.15, -0.1) is 0 Å². The van der Waals surface area contributed by atoms with Gasteiger partial charge in [-0.3, -0.25) is 4.79 Å². The molecule has 0 aliphatic carbocycles. The molecule has 0 spiro atoms. The Bertz CT molecular complexity index is 1220. The molecule has 0 aliphatic heterocycles. The first-order chi connectivity index (χ1) is 15.9. The zero-order chi connectivity index (χ0) is 23.8. The van der Waals surface area contributed by atoms with Crippen LogP contribution in [0.2, 0.25) is 10.0 Å². The summed E-state index contributed by atoms with van der Waals surface area (Å²) in [6, 6.07) is 19.8. The van der Waals surface area contributed by atoms with Gasteiger partial charge in [-0.05, 0) is 69.5 Å². The van der Waals surface area contributed by atoms with E-state index in [1.807, 2.05) is 30.3 Å². The highest BCUT2D eigenvalue weighted by molar-refractivity contribution is 9.10. The highest BCUT2D eigenvalue weighted by atomic mass is 79.9. The van der Waals surface area contributed by atoms with Crippen LogP contribution in [0.5, 0.6) is 11.5 Å². The van der Waals surface area contributed by atoms with Crippen LogP contribution in [0, 0.1) is 11.3 Å². The lowest BCUT2D eigenvalue weighted by atomic mass is 10.1. The third kappa shape index (κ3) is 7.00. The Morgan fingerprint density at radius 2 is 1.88 bits per heavy atom. The summed E-state index contributed by atoms with van der Waals surface area (Å²) in [4.78, 5) is 12.5. The second-order valence-electron chi connectivity index (χ2n) is 6.91. The molecule has 0 radical (unpaired) electrons. The Morgan fingerprint density at radius 3 is 2.52 bits per heavy atom. The van der Waals surface area contributed by atoms with Crippen LogP contribution in [0.4, 0.5) is 0 Å². The van der Waals surface area contributed by atoms with E-state index in [9.17, 15) is 10.1 Å². The minimum atomic E-state index is -0.456. The number of amides is 1. The Balaban J connectivity index is 1.64. The number of halogens is 3. The number of hydrogen-bond donors (Lipinski definition) is 1. The molecule has 0 atom stereocenters. The quantitative estimate of drug-likeness (QED) is 0.257. The average molecular weight is 546 g/mol. The highest BCUT2D eigenvalue weighted by Gasteiger charge is 2.11. The molecule has 0 aromatic heterocycles. The lowest BCUT2D eigenvalue weighted by molar-refractivity contribution is -0.117. The maximum atomic E-state index is 12.5. The van der Waals surface area contributed by atoms with Gasteiger partial charge in [-0.25, -0.2) is 0 Å². The van der Waals surface area contributed by atoms with E-state index >= 15 is 0 Å². The minimum absolute atomic E-state index is 0.00275. The van der Waals surface area contributed by atoms with E-state index < -0.39 is 5.91 Å². The smallest absolute Gasteiger partial charge is 0.262 e. The Kier molecular flexibility index (Phi) is 8.79. The van der Waals surface area contributed by atoms with Crippen LogP contribution < -0.4 is 14.8 Å². The molecule has 33 heavy (non-hydrogen) atoms. The topological polar surface area (TPSA) is 71.3 Å². The van der Waals surface area contributed by atoms with Crippen LogP contribution in [0.15, 0.2) is 70.7 Å². The Morgan fingerprint density at radius 1 is 1.12 bits per heavy atom. The minimum Gasteiger partial charge on any atom is -0.497 e. The molecule has 8 heteroatoms. The van der Waals surface area contributed by atoms with Gasteiger partial charge >= 0.3 is 0 Å². The van der Waals surface area contributed by atoms with Crippen molar-refractivity contribution in [3.63, 3.8) is 0 Å². The fourth-order valence-corrected chi connectivity index (χ4v) is 3.83. The molecule has 0 saturated carbocycles. The monoisotopic (exact) mass is 544 g/mol. The van der Waals surface area contributed by atoms with Crippen LogP contribution >= 0.6 is 39.1 Å². The van der Waals surface area contributed by atoms with E-state index in [0.717, 1.165) is 16.9 Å². The summed E-state index contributed by atoms with van der Waals surface area (Å²) in [6.07, 6.45) is 1.52. The third-order valence-electron chi connectivity index (χ3n) is 4.64. The second kappa shape index (κ2) is 11.8. The Hall–Kier alpha value is -2.98. The first kappa shape index (κ1) is 24.7. The van der Waals surface area contributed by atoms with E-state index in [0.29, 0.717) is 32.4 Å². The number of carbonyl (C=O) groups is 1. The largest absolute Gasteiger partial charge is 0.497 e. The van der Waals surface area contributed by atoms with E-state index in [-0.39, 0.29) is 12.2 Å². The summed E-state index contributed by atoms with van der Waals surface area (Å²) in [6.45, 7) is 0.562. The average Bonchev–Trinajstić information content (AvgIpc) is 2.81. The van der Waals surface area contributed by atoms with Crippen molar-refractivity contribution in [1.82, 2.24) is 5.32 Å². The molecule has 1 amide bonds. The molecule has 0 aliphatic rings. The molecule has 1 N–H and O–H groups in total. The zero-order valence-corrected chi connectivity index (χ0v) is 20.7. The van der Waals surface area contributed by atoms with Gasteiger partial charge in [0.15, 0.2) is 0 Å². The van der Waals surface area contributed by atoms with Crippen LogP contribution in [-0.4, -0.2) is 13.0 Å². The standard InChI is InChI=1S/C25H19BrCl2N2O3/c1-32-21-7-2-16(3-8-21)14-30-25(31)19(13-29)10-17-4-9-24(22(26)11-17)33-15-18-5-6-20(27)12-23(18)28/h2-12H,14-15H2,1H3,(H,30,31)/b19-10-. The molecular formula is C25H19BrCl2N2O3. The van der Waals surface area contributed by atoms with Gasteiger partial charge in [-0.1, -0.05) is 47.5 Å². The summed E-state index contributed by atoms with van der Waals surface area (Å²) in [7, 11) is 1.59. The number of nitriles is 1. The summed E-state index contributed by atoms with van der Waals surface area (Å²) < 4.78 is 11.6. The third-order valence-corrected chi connectivity index (χ3v) is 5.85. The SMILES string of the molecule is COc1ccc(CNC(=O)/C(C#N)=C\c2ccc(OCc3ccc(Cl)cc3Cl)c(Br)c2)cc1. The van der Waals surface area contributed by atoms with Crippen LogP contribution in [0.1, 0.15) is 16.7 Å². The van der Waals surface area contributed by atoms with Crippen molar-refractivity contribution in [2.45, 2.75) is 13.2 Å². The summed E-state index contributed by atoms with van der Waals surface area (Å²) in [5.41, 5.74) is 2.37. The molecule has 0 saturated heterocycles. The van der Waals surface area contributed by atoms with Gasteiger partial charge in [0.05, 0.1) is 11.6 Å². The van der Waals surface area contributed by atoms with E-state index in [1.54, 1.807) is 43.5 Å². The van der Waals surface area contributed by atoms with Gasteiger partial charge in [0.25, 0.3) is 5.91 Å². The zero-order valence-electron chi connectivity index (χ0n) is 17.6. The predicted molar refractivity (Wildman–Crippen MR) is 133 cm³/mol. The number of benzene rings is 3. The predicted octanol–water partition coefficient (Wildman–Crippen LogP) is 6.57. The molecule has 3 aromatic rings. The Labute approximate surface area is 210 Å².